The van der Waals surface area contributed by atoms with Crippen molar-refractivity contribution < 1.29 is 4.74 Å². The lowest BCUT2D eigenvalue weighted by Crippen LogP contribution is -1.81. The monoisotopic (exact) mass is 241 g/mol. The second kappa shape index (κ2) is 4.18. The fourth-order valence-electron chi connectivity index (χ4n) is 1.79. The fraction of sp³-hybridized carbons (Fsp3) is 0.0714. The molecular weight excluding hydrogens is 230 g/mol. The zero-order valence-corrected chi connectivity index (χ0v) is 10.2. The van der Waals surface area contributed by atoms with Crippen molar-refractivity contribution in [3.8, 4) is 16.3 Å². The van der Waals surface area contributed by atoms with E-state index in [2.05, 4.69) is 17.1 Å². The summed E-state index contributed by atoms with van der Waals surface area (Å²) in [6.07, 6.45) is 0. The molecule has 3 aromatic rings. The number of aromatic nitrogens is 1. The van der Waals surface area contributed by atoms with Crippen molar-refractivity contribution in [1.82, 2.24) is 4.98 Å². The molecule has 0 spiro atoms. The lowest BCUT2D eigenvalue weighted by atomic mass is 10.2. The van der Waals surface area contributed by atoms with Crippen LogP contribution in [0, 0.1) is 0 Å². The van der Waals surface area contributed by atoms with Crippen LogP contribution in [0.2, 0.25) is 0 Å². The topological polar surface area (TPSA) is 22.1 Å². The molecule has 2 aromatic carbocycles. The van der Waals surface area contributed by atoms with E-state index < -0.39 is 0 Å². The van der Waals surface area contributed by atoms with Gasteiger partial charge in [0.25, 0.3) is 0 Å². The van der Waals surface area contributed by atoms with E-state index in [4.69, 9.17) is 4.74 Å². The molecule has 0 radical (unpaired) electrons. The number of benzene rings is 2. The molecule has 84 valence electrons. The van der Waals surface area contributed by atoms with Crippen LogP contribution in [0.25, 0.3) is 20.8 Å². The van der Waals surface area contributed by atoms with Crippen molar-refractivity contribution >= 4 is 21.6 Å². The summed E-state index contributed by atoms with van der Waals surface area (Å²) in [5.74, 6) is 0.891. The first-order chi connectivity index (χ1) is 8.38. The summed E-state index contributed by atoms with van der Waals surface area (Å²) in [6.45, 7) is 0. The Balaban J connectivity index is 2.20. The number of hydrogen-bond donors (Lipinski definition) is 0. The maximum atomic E-state index is 5.35. The Morgan fingerprint density at radius 3 is 2.59 bits per heavy atom. The van der Waals surface area contributed by atoms with Gasteiger partial charge in [-0.25, -0.2) is 4.98 Å². The molecule has 17 heavy (non-hydrogen) atoms. The summed E-state index contributed by atoms with van der Waals surface area (Å²) in [6, 6.07) is 16.2. The van der Waals surface area contributed by atoms with Gasteiger partial charge >= 0.3 is 0 Å². The van der Waals surface area contributed by atoms with Gasteiger partial charge in [0.15, 0.2) is 0 Å². The number of rotatable bonds is 2. The van der Waals surface area contributed by atoms with Gasteiger partial charge in [-0.15, -0.1) is 11.3 Å². The van der Waals surface area contributed by atoms with E-state index in [1.165, 1.54) is 0 Å². The minimum atomic E-state index is 0.891. The van der Waals surface area contributed by atoms with Crippen molar-refractivity contribution in [2.45, 2.75) is 0 Å². The van der Waals surface area contributed by atoms with Crippen LogP contribution in [-0.4, -0.2) is 12.1 Å². The molecule has 0 amide bonds. The molecule has 1 heterocycles. The van der Waals surface area contributed by atoms with Gasteiger partial charge in [-0.3, -0.25) is 0 Å². The summed E-state index contributed by atoms with van der Waals surface area (Å²) in [7, 11) is 1.69. The number of hydrogen-bond acceptors (Lipinski definition) is 3. The van der Waals surface area contributed by atoms with Crippen molar-refractivity contribution in [3.63, 3.8) is 0 Å². The molecule has 0 N–H and O–H groups in total. The van der Waals surface area contributed by atoms with Gasteiger partial charge in [-0.1, -0.05) is 36.4 Å². The lowest BCUT2D eigenvalue weighted by Gasteiger charge is -1.97. The molecule has 0 aliphatic carbocycles. The van der Waals surface area contributed by atoms with Gasteiger partial charge in [-0.05, 0) is 12.1 Å². The molecule has 3 heteroatoms. The summed E-state index contributed by atoms with van der Waals surface area (Å²) in [5, 5.41) is 1.03. The van der Waals surface area contributed by atoms with Gasteiger partial charge < -0.3 is 4.74 Å². The Bertz CT molecular complexity index is 646. The van der Waals surface area contributed by atoms with Crippen LogP contribution in [0.5, 0.6) is 5.75 Å². The summed E-state index contributed by atoms with van der Waals surface area (Å²) in [5.41, 5.74) is 2.14. The molecule has 1 aromatic heterocycles. The second-order valence-electron chi connectivity index (χ2n) is 3.69. The zero-order chi connectivity index (χ0) is 11.7. The first-order valence-electron chi connectivity index (χ1n) is 5.37. The average Bonchev–Trinajstić information content (AvgIpc) is 2.83. The first-order valence-corrected chi connectivity index (χ1v) is 6.19. The third-order valence-electron chi connectivity index (χ3n) is 2.62. The van der Waals surface area contributed by atoms with Crippen LogP contribution in [0.15, 0.2) is 48.5 Å². The summed E-state index contributed by atoms with van der Waals surface area (Å²) < 4.78 is 6.45. The SMILES string of the molecule is COc1cccc2nc(-c3ccccc3)sc12. The predicted octanol–water partition coefficient (Wildman–Crippen LogP) is 3.97. The van der Waals surface area contributed by atoms with Crippen molar-refractivity contribution in [2.24, 2.45) is 0 Å². The number of nitrogens with zero attached hydrogens (tertiary/aromatic N) is 1. The molecule has 0 aliphatic heterocycles. The molecular formula is C14H11NOS. The third kappa shape index (κ3) is 1.78. The quantitative estimate of drug-likeness (QED) is 0.677. The molecule has 0 fully saturated rings. The normalized spacial score (nSPS) is 10.6. The summed E-state index contributed by atoms with van der Waals surface area (Å²) in [4.78, 5) is 4.63. The summed E-state index contributed by atoms with van der Waals surface area (Å²) >= 11 is 1.67. The fourth-order valence-corrected chi connectivity index (χ4v) is 2.85. The third-order valence-corrected chi connectivity index (χ3v) is 3.75. The Morgan fingerprint density at radius 2 is 1.82 bits per heavy atom. The number of thiazole rings is 1. The Hall–Kier alpha value is -1.87. The molecule has 0 atom stereocenters. The van der Waals surface area contributed by atoms with Crippen LogP contribution in [0.1, 0.15) is 0 Å². The molecule has 2 nitrogen and oxygen atoms in total. The van der Waals surface area contributed by atoms with Crippen LogP contribution in [0.3, 0.4) is 0 Å². The highest BCUT2D eigenvalue weighted by atomic mass is 32.1. The van der Waals surface area contributed by atoms with Crippen LogP contribution in [-0.2, 0) is 0 Å². The lowest BCUT2D eigenvalue weighted by molar-refractivity contribution is 0.420. The molecule has 0 saturated heterocycles. The molecule has 0 saturated carbocycles. The van der Waals surface area contributed by atoms with Gasteiger partial charge in [0.05, 0.1) is 17.3 Å². The molecule has 0 aliphatic rings. The molecule has 3 rings (SSSR count). The van der Waals surface area contributed by atoms with Gasteiger partial charge in [0.1, 0.15) is 10.8 Å². The highest BCUT2D eigenvalue weighted by Gasteiger charge is 2.09. The van der Waals surface area contributed by atoms with Gasteiger partial charge in [0.2, 0.25) is 0 Å². The van der Waals surface area contributed by atoms with E-state index in [0.717, 1.165) is 26.5 Å². The Kier molecular flexibility index (Phi) is 2.53. The highest BCUT2D eigenvalue weighted by molar-refractivity contribution is 7.22. The van der Waals surface area contributed by atoms with Crippen LogP contribution < -0.4 is 4.74 Å². The number of fused-ring (bicyclic) bond motifs is 1. The van der Waals surface area contributed by atoms with Crippen molar-refractivity contribution in [2.75, 3.05) is 7.11 Å². The first kappa shape index (κ1) is 10.3. The standard InChI is InChI=1S/C14H11NOS/c1-16-12-9-5-8-11-13(12)17-14(15-11)10-6-3-2-4-7-10/h2-9H,1H3. The van der Waals surface area contributed by atoms with Crippen LogP contribution >= 0.6 is 11.3 Å². The van der Waals surface area contributed by atoms with Gasteiger partial charge in [0, 0.05) is 5.56 Å². The average molecular weight is 241 g/mol. The van der Waals surface area contributed by atoms with E-state index in [1.54, 1.807) is 18.4 Å². The molecule has 0 bridgehead atoms. The predicted molar refractivity (Wildman–Crippen MR) is 71.6 cm³/mol. The Labute approximate surface area is 104 Å². The maximum absolute atomic E-state index is 5.35. The zero-order valence-electron chi connectivity index (χ0n) is 9.38. The maximum Gasteiger partial charge on any atom is 0.138 e. The van der Waals surface area contributed by atoms with Gasteiger partial charge in [-0.2, -0.15) is 0 Å². The second-order valence-corrected chi connectivity index (χ2v) is 4.69. The van der Waals surface area contributed by atoms with E-state index in [0.29, 0.717) is 0 Å². The molecule has 0 unspecified atom stereocenters. The largest absolute Gasteiger partial charge is 0.495 e. The van der Waals surface area contributed by atoms with E-state index in [1.807, 2.05) is 36.4 Å². The highest BCUT2D eigenvalue weighted by Crippen LogP contribution is 2.35. The van der Waals surface area contributed by atoms with Crippen molar-refractivity contribution in [3.05, 3.63) is 48.5 Å². The smallest absolute Gasteiger partial charge is 0.138 e. The number of methoxy groups -OCH3 is 1. The number of ether oxygens (including phenoxy) is 1. The van der Waals surface area contributed by atoms with Crippen LogP contribution in [0.4, 0.5) is 0 Å². The van der Waals surface area contributed by atoms with E-state index >= 15 is 0 Å². The Morgan fingerprint density at radius 1 is 1.00 bits per heavy atom. The van der Waals surface area contributed by atoms with Crippen molar-refractivity contribution in [1.29, 1.82) is 0 Å². The van der Waals surface area contributed by atoms with E-state index in [9.17, 15) is 0 Å². The minimum absolute atomic E-state index is 0.891. The van der Waals surface area contributed by atoms with E-state index in [-0.39, 0.29) is 0 Å². The minimum Gasteiger partial charge on any atom is -0.495 e.